The monoisotopic (exact) mass is 406 g/mol. The molecule has 0 spiro atoms. The molecule has 2 amide bonds. The zero-order chi connectivity index (χ0) is 21.8. The van der Waals surface area contributed by atoms with Crippen LogP contribution in [0.1, 0.15) is 36.7 Å². The normalized spacial score (nSPS) is 11.0. The number of carbonyl (C=O) groups is 2. The van der Waals surface area contributed by atoms with Gasteiger partial charge in [0.05, 0.1) is 17.5 Å². The van der Waals surface area contributed by atoms with Crippen molar-refractivity contribution in [3.05, 3.63) is 69.9 Å². The van der Waals surface area contributed by atoms with Crippen LogP contribution >= 0.6 is 0 Å². The van der Waals surface area contributed by atoms with Crippen LogP contribution in [0.4, 0.5) is 0 Å². The number of hydrogen-bond donors (Lipinski definition) is 1. The van der Waals surface area contributed by atoms with E-state index in [0.717, 1.165) is 5.56 Å². The Kier molecular flexibility index (Phi) is 6.35. The minimum atomic E-state index is -0.354. The second-order valence-corrected chi connectivity index (χ2v) is 7.48. The summed E-state index contributed by atoms with van der Waals surface area (Å²) in [6, 6.07) is 14.3. The number of carbonyl (C=O) groups excluding carboxylic acids is 2. The first-order valence-electron chi connectivity index (χ1n) is 10.0. The summed E-state index contributed by atoms with van der Waals surface area (Å²) in [6.07, 6.45) is 0. The van der Waals surface area contributed by atoms with Gasteiger partial charge in [0.1, 0.15) is 5.76 Å². The summed E-state index contributed by atoms with van der Waals surface area (Å²) in [7, 11) is 0. The summed E-state index contributed by atoms with van der Waals surface area (Å²) in [5.74, 6) is -0.148. The molecule has 0 aliphatic carbocycles. The lowest BCUT2D eigenvalue weighted by Gasteiger charge is -2.21. The van der Waals surface area contributed by atoms with E-state index in [1.165, 1.54) is 4.90 Å². The van der Waals surface area contributed by atoms with Crippen molar-refractivity contribution in [1.82, 2.24) is 10.2 Å². The van der Waals surface area contributed by atoms with Crippen molar-refractivity contribution in [1.29, 1.82) is 0 Å². The molecule has 0 atom stereocenters. The van der Waals surface area contributed by atoms with E-state index in [1.807, 2.05) is 44.2 Å². The third-order valence-corrected chi connectivity index (χ3v) is 4.86. The van der Waals surface area contributed by atoms with Gasteiger partial charge in [-0.05, 0) is 39.8 Å². The van der Waals surface area contributed by atoms with Crippen molar-refractivity contribution < 1.29 is 14.0 Å². The smallest absolute Gasteiger partial charge is 0.258 e. The highest BCUT2D eigenvalue weighted by Crippen LogP contribution is 2.27. The Morgan fingerprint density at radius 3 is 2.40 bits per heavy atom. The first-order chi connectivity index (χ1) is 14.3. The fourth-order valence-corrected chi connectivity index (χ4v) is 3.38. The maximum absolute atomic E-state index is 13.2. The van der Waals surface area contributed by atoms with Crippen molar-refractivity contribution in [3.8, 4) is 11.3 Å². The average Bonchev–Trinajstić information content (AvgIpc) is 2.73. The average molecular weight is 406 g/mol. The Labute approximate surface area is 175 Å². The van der Waals surface area contributed by atoms with Crippen LogP contribution in [0, 0.1) is 6.92 Å². The number of hydrogen-bond acceptors (Lipinski definition) is 4. The molecule has 0 fully saturated rings. The first-order valence-corrected chi connectivity index (χ1v) is 10.0. The van der Waals surface area contributed by atoms with Gasteiger partial charge >= 0.3 is 0 Å². The number of rotatable bonds is 6. The Balaban J connectivity index is 2.10. The van der Waals surface area contributed by atoms with Crippen LogP contribution in [0.25, 0.3) is 22.3 Å². The molecule has 30 heavy (non-hydrogen) atoms. The summed E-state index contributed by atoms with van der Waals surface area (Å²) >= 11 is 0. The molecule has 3 rings (SSSR count). The Morgan fingerprint density at radius 2 is 1.77 bits per heavy atom. The minimum absolute atomic E-state index is 0.0155. The standard InChI is InChI=1S/C24H26N2O4/c1-5-26(14-20(27)25-15(2)3)24(29)19-13-9-12-18-21(28)16(4)22(30-23(18)19)17-10-7-6-8-11-17/h6-13,15H,5,14H2,1-4H3,(H,25,27). The summed E-state index contributed by atoms with van der Waals surface area (Å²) in [5, 5.41) is 3.14. The lowest BCUT2D eigenvalue weighted by molar-refractivity contribution is -0.122. The molecule has 0 aliphatic rings. The maximum atomic E-state index is 13.2. The molecule has 1 heterocycles. The van der Waals surface area contributed by atoms with Crippen LogP contribution in [-0.2, 0) is 4.79 Å². The predicted octanol–water partition coefficient (Wildman–Crippen LogP) is 3.76. The third kappa shape index (κ3) is 4.27. The molecule has 1 aromatic heterocycles. The number of nitrogens with zero attached hydrogens (tertiary/aromatic N) is 1. The Morgan fingerprint density at radius 1 is 1.07 bits per heavy atom. The van der Waals surface area contributed by atoms with E-state index >= 15 is 0 Å². The summed E-state index contributed by atoms with van der Waals surface area (Å²) in [6.45, 7) is 7.54. The summed E-state index contributed by atoms with van der Waals surface area (Å²) in [5.41, 5.74) is 1.58. The molecular formula is C24H26N2O4. The minimum Gasteiger partial charge on any atom is -0.455 e. The van der Waals surface area contributed by atoms with E-state index in [0.29, 0.717) is 23.3 Å². The summed E-state index contributed by atoms with van der Waals surface area (Å²) in [4.78, 5) is 39.8. The van der Waals surface area contributed by atoms with Gasteiger partial charge in [-0.2, -0.15) is 0 Å². The van der Waals surface area contributed by atoms with Gasteiger partial charge in [-0.3, -0.25) is 14.4 Å². The van der Waals surface area contributed by atoms with Gasteiger partial charge in [0, 0.05) is 23.7 Å². The van der Waals surface area contributed by atoms with Gasteiger partial charge in [0.25, 0.3) is 5.91 Å². The highest BCUT2D eigenvalue weighted by Gasteiger charge is 2.23. The molecule has 156 valence electrons. The zero-order valence-electron chi connectivity index (χ0n) is 17.7. The third-order valence-electron chi connectivity index (χ3n) is 4.86. The van der Waals surface area contributed by atoms with Crippen LogP contribution in [0.3, 0.4) is 0 Å². The number of fused-ring (bicyclic) bond motifs is 1. The molecule has 0 aliphatic heterocycles. The highest BCUT2D eigenvalue weighted by molar-refractivity contribution is 6.06. The molecule has 2 aromatic carbocycles. The van der Waals surface area contributed by atoms with Crippen molar-refractivity contribution in [2.75, 3.05) is 13.1 Å². The number of amides is 2. The second kappa shape index (κ2) is 8.95. The molecule has 0 bridgehead atoms. The van der Waals surface area contributed by atoms with Crippen LogP contribution in [0.5, 0.6) is 0 Å². The SMILES string of the molecule is CCN(CC(=O)NC(C)C)C(=O)c1cccc2c(=O)c(C)c(-c3ccccc3)oc12. The van der Waals surface area contributed by atoms with Gasteiger partial charge in [-0.15, -0.1) is 0 Å². The van der Waals surface area contributed by atoms with E-state index in [9.17, 15) is 14.4 Å². The van der Waals surface area contributed by atoms with Crippen molar-refractivity contribution >= 4 is 22.8 Å². The zero-order valence-corrected chi connectivity index (χ0v) is 17.7. The quantitative estimate of drug-likeness (QED) is 0.676. The topological polar surface area (TPSA) is 79.6 Å². The van der Waals surface area contributed by atoms with E-state index in [2.05, 4.69) is 5.32 Å². The Hall–Kier alpha value is -3.41. The first kappa shape index (κ1) is 21.3. The number of benzene rings is 2. The molecular weight excluding hydrogens is 380 g/mol. The highest BCUT2D eigenvalue weighted by atomic mass is 16.3. The van der Waals surface area contributed by atoms with Gasteiger partial charge in [-0.25, -0.2) is 0 Å². The molecule has 0 saturated heterocycles. The second-order valence-electron chi connectivity index (χ2n) is 7.48. The molecule has 0 saturated carbocycles. The van der Waals surface area contributed by atoms with Gasteiger partial charge in [0.2, 0.25) is 5.91 Å². The van der Waals surface area contributed by atoms with E-state index < -0.39 is 0 Å². The molecule has 6 nitrogen and oxygen atoms in total. The lowest BCUT2D eigenvalue weighted by Crippen LogP contribution is -2.42. The van der Waals surface area contributed by atoms with Crippen LogP contribution in [0.15, 0.2) is 57.7 Å². The number of para-hydroxylation sites is 1. The Bertz CT molecular complexity index is 1130. The number of nitrogens with one attached hydrogen (secondary N) is 1. The van der Waals surface area contributed by atoms with Gasteiger partial charge < -0.3 is 14.6 Å². The van der Waals surface area contributed by atoms with Crippen LogP contribution in [0.2, 0.25) is 0 Å². The molecule has 6 heteroatoms. The van der Waals surface area contributed by atoms with E-state index in [1.54, 1.807) is 32.0 Å². The molecule has 3 aromatic rings. The largest absolute Gasteiger partial charge is 0.455 e. The van der Waals surface area contributed by atoms with Crippen molar-refractivity contribution in [2.24, 2.45) is 0 Å². The van der Waals surface area contributed by atoms with E-state index in [4.69, 9.17) is 4.42 Å². The maximum Gasteiger partial charge on any atom is 0.258 e. The fraction of sp³-hybridized carbons (Fsp3) is 0.292. The van der Waals surface area contributed by atoms with Crippen LogP contribution < -0.4 is 10.7 Å². The molecule has 0 radical (unpaired) electrons. The number of likely N-dealkylation sites (N-methyl/N-ethyl adjacent to an activating group) is 1. The summed E-state index contributed by atoms with van der Waals surface area (Å²) < 4.78 is 6.13. The lowest BCUT2D eigenvalue weighted by atomic mass is 10.0. The van der Waals surface area contributed by atoms with Crippen LogP contribution in [-0.4, -0.2) is 35.8 Å². The van der Waals surface area contributed by atoms with Crippen molar-refractivity contribution in [2.45, 2.75) is 33.7 Å². The van der Waals surface area contributed by atoms with Gasteiger partial charge in [0.15, 0.2) is 11.0 Å². The fourth-order valence-electron chi connectivity index (χ4n) is 3.38. The van der Waals surface area contributed by atoms with Gasteiger partial charge in [-0.1, -0.05) is 36.4 Å². The van der Waals surface area contributed by atoms with E-state index in [-0.39, 0.29) is 41.0 Å². The predicted molar refractivity (Wildman–Crippen MR) is 118 cm³/mol. The molecule has 0 unspecified atom stereocenters. The molecule has 1 N–H and O–H groups in total. The van der Waals surface area contributed by atoms with Crippen molar-refractivity contribution in [3.63, 3.8) is 0 Å².